The van der Waals surface area contributed by atoms with E-state index in [1.807, 2.05) is 24.3 Å². The van der Waals surface area contributed by atoms with Crippen molar-refractivity contribution < 1.29 is 9.21 Å². The monoisotopic (exact) mass is 173 g/mol. The van der Waals surface area contributed by atoms with Crippen molar-refractivity contribution in [1.29, 1.82) is 0 Å². The molecule has 0 fully saturated rings. The number of carbonyl (C=O) groups excluding carboxylic acids is 1. The molecule has 0 amide bonds. The third-order valence-electron chi connectivity index (χ3n) is 1.90. The van der Waals surface area contributed by atoms with Crippen LogP contribution in [0.4, 0.5) is 0 Å². The van der Waals surface area contributed by atoms with Crippen molar-refractivity contribution in [2.45, 2.75) is 6.54 Å². The molecule has 2 aromatic rings. The topological polar surface area (TPSA) is 42.6 Å². The van der Waals surface area contributed by atoms with Crippen molar-refractivity contribution in [3.8, 4) is 0 Å². The van der Waals surface area contributed by atoms with E-state index in [4.69, 9.17) is 4.42 Å². The molecule has 0 saturated carbocycles. The normalized spacial score (nSPS) is 9.85. The number of isocyanates is 1. The quantitative estimate of drug-likeness (QED) is 0.516. The zero-order valence-corrected chi connectivity index (χ0v) is 6.86. The van der Waals surface area contributed by atoms with Gasteiger partial charge in [0.05, 0.1) is 12.8 Å². The van der Waals surface area contributed by atoms with Crippen molar-refractivity contribution in [2.75, 3.05) is 0 Å². The summed E-state index contributed by atoms with van der Waals surface area (Å²) in [5, 5.41) is 1.00. The average molecular weight is 173 g/mol. The molecule has 1 aromatic carbocycles. The second kappa shape index (κ2) is 3.25. The number of hydrogen-bond acceptors (Lipinski definition) is 3. The Morgan fingerprint density at radius 2 is 2.31 bits per heavy atom. The van der Waals surface area contributed by atoms with Crippen LogP contribution in [0.1, 0.15) is 5.56 Å². The minimum atomic E-state index is 0.361. The Morgan fingerprint density at radius 3 is 3.15 bits per heavy atom. The molecule has 64 valence electrons. The van der Waals surface area contributed by atoms with Crippen LogP contribution in [0, 0.1) is 0 Å². The Labute approximate surface area is 74.7 Å². The van der Waals surface area contributed by atoms with E-state index in [1.54, 1.807) is 6.26 Å². The van der Waals surface area contributed by atoms with Crippen LogP contribution in [0.2, 0.25) is 0 Å². The van der Waals surface area contributed by atoms with Gasteiger partial charge in [-0.25, -0.2) is 9.79 Å². The summed E-state index contributed by atoms with van der Waals surface area (Å²) in [5.74, 6) is 0. The fraction of sp³-hybridized carbons (Fsp3) is 0.100. The van der Waals surface area contributed by atoms with E-state index in [1.165, 1.54) is 6.08 Å². The van der Waals surface area contributed by atoms with Gasteiger partial charge in [0.15, 0.2) is 0 Å². The summed E-state index contributed by atoms with van der Waals surface area (Å²) in [4.78, 5) is 13.5. The van der Waals surface area contributed by atoms with Gasteiger partial charge in [0.2, 0.25) is 6.08 Å². The highest BCUT2D eigenvalue weighted by Crippen LogP contribution is 2.20. The number of fused-ring (bicyclic) bond motifs is 1. The molecule has 0 saturated heterocycles. The van der Waals surface area contributed by atoms with Crippen LogP contribution >= 0.6 is 0 Å². The molecule has 0 atom stereocenters. The first-order chi connectivity index (χ1) is 6.42. The number of hydrogen-bond donors (Lipinski definition) is 0. The molecular weight excluding hydrogens is 166 g/mol. The Hall–Kier alpha value is -1.86. The number of rotatable bonds is 2. The van der Waals surface area contributed by atoms with Crippen LogP contribution in [-0.2, 0) is 11.3 Å². The van der Waals surface area contributed by atoms with Gasteiger partial charge >= 0.3 is 0 Å². The highest BCUT2D eigenvalue weighted by molar-refractivity contribution is 5.80. The van der Waals surface area contributed by atoms with E-state index >= 15 is 0 Å². The zero-order valence-electron chi connectivity index (χ0n) is 6.86. The molecule has 0 aliphatic heterocycles. The number of benzene rings is 1. The lowest BCUT2D eigenvalue weighted by molar-refractivity contribution is 0.563. The standard InChI is InChI=1S/C10H7NO2/c12-7-11-6-8-2-1-3-10-9(8)4-5-13-10/h1-5H,6H2. The Kier molecular flexibility index (Phi) is 1.94. The smallest absolute Gasteiger partial charge is 0.235 e. The first kappa shape index (κ1) is 7.77. The SMILES string of the molecule is O=C=NCc1cccc2occc12. The Balaban J connectivity index is 2.54. The predicted octanol–water partition coefficient (Wildman–Crippen LogP) is 2.27. The van der Waals surface area contributed by atoms with Gasteiger partial charge in [-0.1, -0.05) is 12.1 Å². The summed E-state index contributed by atoms with van der Waals surface area (Å²) in [5.41, 5.74) is 1.80. The lowest BCUT2D eigenvalue weighted by Crippen LogP contribution is -1.80. The summed E-state index contributed by atoms with van der Waals surface area (Å²) in [6, 6.07) is 7.54. The van der Waals surface area contributed by atoms with Gasteiger partial charge in [-0.2, -0.15) is 0 Å². The fourth-order valence-corrected chi connectivity index (χ4v) is 1.31. The summed E-state index contributed by atoms with van der Waals surface area (Å²) < 4.78 is 5.20. The van der Waals surface area contributed by atoms with Gasteiger partial charge in [0.1, 0.15) is 5.58 Å². The van der Waals surface area contributed by atoms with E-state index in [-0.39, 0.29) is 0 Å². The molecule has 0 unspecified atom stereocenters. The zero-order chi connectivity index (χ0) is 9.10. The molecule has 0 spiro atoms. The molecule has 0 aliphatic carbocycles. The van der Waals surface area contributed by atoms with Gasteiger partial charge in [0, 0.05) is 5.39 Å². The average Bonchev–Trinajstić information content (AvgIpc) is 2.62. The summed E-state index contributed by atoms with van der Waals surface area (Å²) in [6.07, 6.45) is 3.14. The van der Waals surface area contributed by atoms with Crippen molar-refractivity contribution in [3.63, 3.8) is 0 Å². The molecular formula is C10H7NO2. The third-order valence-corrected chi connectivity index (χ3v) is 1.90. The summed E-state index contributed by atoms with van der Waals surface area (Å²) in [7, 11) is 0. The summed E-state index contributed by atoms with van der Waals surface area (Å²) in [6.45, 7) is 0.361. The van der Waals surface area contributed by atoms with Crippen LogP contribution in [0.25, 0.3) is 11.0 Å². The second-order valence-electron chi connectivity index (χ2n) is 2.66. The first-order valence-electron chi connectivity index (χ1n) is 3.90. The molecule has 0 bridgehead atoms. The van der Waals surface area contributed by atoms with E-state index in [2.05, 4.69) is 4.99 Å². The van der Waals surface area contributed by atoms with Gasteiger partial charge < -0.3 is 4.42 Å². The van der Waals surface area contributed by atoms with Gasteiger partial charge in [0.25, 0.3) is 0 Å². The molecule has 1 heterocycles. The van der Waals surface area contributed by atoms with Gasteiger partial charge in [-0.15, -0.1) is 0 Å². The third kappa shape index (κ3) is 1.37. The molecule has 3 nitrogen and oxygen atoms in total. The van der Waals surface area contributed by atoms with Crippen LogP contribution in [-0.4, -0.2) is 6.08 Å². The highest BCUT2D eigenvalue weighted by Gasteiger charge is 2.01. The maximum Gasteiger partial charge on any atom is 0.235 e. The first-order valence-corrected chi connectivity index (χ1v) is 3.90. The van der Waals surface area contributed by atoms with E-state index in [0.29, 0.717) is 6.54 Å². The Bertz CT molecular complexity index is 466. The highest BCUT2D eigenvalue weighted by atomic mass is 16.3. The Morgan fingerprint density at radius 1 is 1.38 bits per heavy atom. The number of furan rings is 1. The molecule has 1 aromatic heterocycles. The van der Waals surface area contributed by atoms with Crippen molar-refractivity contribution in [3.05, 3.63) is 36.1 Å². The second-order valence-corrected chi connectivity index (χ2v) is 2.66. The van der Waals surface area contributed by atoms with Gasteiger partial charge in [-0.3, -0.25) is 0 Å². The maximum atomic E-state index is 9.94. The van der Waals surface area contributed by atoms with Crippen molar-refractivity contribution in [2.24, 2.45) is 4.99 Å². The van der Waals surface area contributed by atoms with Crippen molar-refractivity contribution >= 4 is 17.0 Å². The van der Waals surface area contributed by atoms with E-state index in [9.17, 15) is 4.79 Å². The van der Waals surface area contributed by atoms with Crippen LogP contribution in [0.5, 0.6) is 0 Å². The molecule has 3 heteroatoms. The lowest BCUT2D eigenvalue weighted by Gasteiger charge is -1.95. The van der Waals surface area contributed by atoms with E-state index < -0.39 is 0 Å². The van der Waals surface area contributed by atoms with E-state index in [0.717, 1.165) is 16.5 Å². The van der Waals surface area contributed by atoms with Crippen molar-refractivity contribution in [1.82, 2.24) is 0 Å². The molecule has 0 N–H and O–H groups in total. The fourth-order valence-electron chi connectivity index (χ4n) is 1.31. The minimum absolute atomic E-state index is 0.361. The number of nitrogens with zero attached hydrogens (tertiary/aromatic N) is 1. The van der Waals surface area contributed by atoms with Gasteiger partial charge in [-0.05, 0) is 17.7 Å². The van der Waals surface area contributed by atoms with Crippen LogP contribution < -0.4 is 0 Å². The van der Waals surface area contributed by atoms with Crippen LogP contribution in [0.3, 0.4) is 0 Å². The largest absolute Gasteiger partial charge is 0.464 e. The summed E-state index contributed by atoms with van der Waals surface area (Å²) >= 11 is 0. The minimum Gasteiger partial charge on any atom is -0.464 e. The molecule has 0 aliphatic rings. The predicted molar refractivity (Wildman–Crippen MR) is 48.0 cm³/mol. The van der Waals surface area contributed by atoms with Crippen LogP contribution in [0.15, 0.2) is 39.9 Å². The molecule has 2 rings (SSSR count). The molecule has 13 heavy (non-hydrogen) atoms. The maximum absolute atomic E-state index is 9.94. The molecule has 0 radical (unpaired) electrons. The lowest BCUT2D eigenvalue weighted by atomic mass is 10.1. The number of aliphatic imine (C=N–C) groups is 1.